The van der Waals surface area contributed by atoms with Crippen molar-refractivity contribution in [2.24, 2.45) is 5.92 Å². The van der Waals surface area contributed by atoms with Gasteiger partial charge in [0.15, 0.2) is 0 Å². The van der Waals surface area contributed by atoms with Gasteiger partial charge in [-0.3, -0.25) is 4.98 Å². The molecule has 1 atom stereocenters. The van der Waals surface area contributed by atoms with E-state index in [1.54, 1.807) is 0 Å². The van der Waals surface area contributed by atoms with Crippen molar-refractivity contribution in [1.82, 2.24) is 10.3 Å². The first kappa shape index (κ1) is 13.5. The molecule has 1 aromatic heterocycles. The van der Waals surface area contributed by atoms with E-state index in [1.165, 1.54) is 24.0 Å². The van der Waals surface area contributed by atoms with Crippen LogP contribution in [-0.2, 0) is 6.54 Å². The molecule has 1 rings (SSSR count). The molecule has 0 saturated carbocycles. The molecule has 0 spiro atoms. The van der Waals surface area contributed by atoms with E-state index in [0.717, 1.165) is 19.0 Å². The Morgan fingerprint density at radius 1 is 1.44 bits per heavy atom. The lowest BCUT2D eigenvalue weighted by atomic mass is 10.1. The Morgan fingerprint density at radius 3 is 2.94 bits per heavy atom. The van der Waals surface area contributed by atoms with E-state index in [2.05, 4.69) is 30.2 Å². The first-order chi connectivity index (χ1) is 7.72. The molecule has 3 heteroatoms. The van der Waals surface area contributed by atoms with Gasteiger partial charge < -0.3 is 5.32 Å². The summed E-state index contributed by atoms with van der Waals surface area (Å²) < 4.78 is 0. The third-order valence-electron chi connectivity index (χ3n) is 2.57. The Bertz CT molecular complexity index is 302. The van der Waals surface area contributed by atoms with E-state index in [9.17, 15) is 0 Å². The van der Waals surface area contributed by atoms with Gasteiger partial charge in [0, 0.05) is 24.8 Å². The Labute approximate surface area is 103 Å². The molecule has 0 fully saturated rings. The lowest BCUT2D eigenvalue weighted by Crippen LogP contribution is -2.15. The van der Waals surface area contributed by atoms with Gasteiger partial charge in [0.2, 0.25) is 0 Å². The number of hydrogen-bond donors (Lipinski definition) is 1. The molecule has 16 heavy (non-hydrogen) atoms. The van der Waals surface area contributed by atoms with Crippen LogP contribution in [0.2, 0.25) is 0 Å². The Balaban J connectivity index is 2.12. The van der Waals surface area contributed by atoms with Crippen LogP contribution in [-0.4, -0.2) is 17.4 Å². The first-order valence-corrected chi connectivity index (χ1v) is 6.43. The topological polar surface area (TPSA) is 24.9 Å². The second-order valence-electron chi connectivity index (χ2n) is 4.45. The van der Waals surface area contributed by atoms with Crippen molar-refractivity contribution in [2.75, 3.05) is 12.4 Å². The third kappa shape index (κ3) is 5.47. The van der Waals surface area contributed by atoms with Gasteiger partial charge in [0.05, 0.1) is 0 Å². The summed E-state index contributed by atoms with van der Waals surface area (Å²) in [4.78, 5) is 4.17. The summed E-state index contributed by atoms with van der Waals surface area (Å²) in [5, 5.41) is 3.43. The summed E-state index contributed by atoms with van der Waals surface area (Å²) in [6.45, 7) is 6.22. The van der Waals surface area contributed by atoms with Crippen LogP contribution in [0.1, 0.15) is 30.9 Å². The van der Waals surface area contributed by atoms with Crippen LogP contribution in [0.15, 0.2) is 18.5 Å². The first-order valence-electron chi connectivity index (χ1n) is 5.89. The summed E-state index contributed by atoms with van der Waals surface area (Å²) in [5.74, 6) is 1.39. The number of nitrogens with zero attached hydrogens (tertiary/aromatic N) is 1. The molecule has 0 aromatic carbocycles. The van der Waals surface area contributed by atoms with Gasteiger partial charge in [-0.15, -0.1) is 11.6 Å². The molecule has 2 nitrogen and oxygen atoms in total. The van der Waals surface area contributed by atoms with E-state index in [-0.39, 0.29) is 0 Å². The Morgan fingerprint density at radius 2 is 2.25 bits per heavy atom. The number of rotatable bonds is 7. The SMILES string of the molecule is Cc1cncc(CNCCCC(C)CCl)c1. The van der Waals surface area contributed by atoms with Crippen LogP contribution in [0.5, 0.6) is 0 Å². The summed E-state index contributed by atoms with van der Waals surface area (Å²) in [7, 11) is 0. The molecule has 1 N–H and O–H groups in total. The third-order valence-corrected chi connectivity index (χ3v) is 3.10. The highest BCUT2D eigenvalue weighted by atomic mass is 35.5. The van der Waals surface area contributed by atoms with Crippen LogP contribution in [0, 0.1) is 12.8 Å². The van der Waals surface area contributed by atoms with Gasteiger partial charge in [-0.2, -0.15) is 0 Å². The van der Waals surface area contributed by atoms with E-state index in [0.29, 0.717) is 5.92 Å². The van der Waals surface area contributed by atoms with Gasteiger partial charge in [0.25, 0.3) is 0 Å². The smallest absolute Gasteiger partial charge is 0.0313 e. The fourth-order valence-corrected chi connectivity index (χ4v) is 1.75. The summed E-state index contributed by atoms with van der Waals surface area (Å²) in [5.41, 5.74) is 2.47. The van der Waals surface area contributed by atoms with Crippen molar-refractivity contribution < 1.29 is 0 Å². The molecule has 0 aliphatic heterocycles. The number of halogens is 1. The Kier molecular flexibility index (Phi) is 6.43. The second-order valence-corrected chi connectivity index (χ2v) is 4.76. The van der Waals surface area contributed by atoms with Crippen LogP contribution in [0.3, 0.4) is 0 Å². The van der Waals surface area contributed by atoms with E-state index < -0.39 is 0 Å². The molecule has 0 amide bonds. The van der Waals surface area contributed by atoms with Gasteiger partial charge in [-0.1, -0.05) is 13.0 Å². The quantitative estimate of drug-likeness (QED) is 0.585. The zero-order valence-electron chi connectivity index (χ0n) is 10.2. The highest BCUT2D eigenvalue weighted by molar-refractivity contribution is 6.18. The summed E-state index contributed by atoms with van der Waals surface area (Å²) >= 11 is 5.75. The minimum absolute atomic E-state index is 0.629. The van der Waals surface area contributed by atoms with Crippen molar-refractivity contribution in [1.29, 1.82) is 0 Å². The maximum Gasteiger partial charge on any atom is 0.0313 e. The minimum Gasteiger partial charge on any atom is -0.313 e. The van der Waals surface area contributed by atoms with Gasteiger partial charge in [-0.25, -0.2) is 0 Å². The fraction of sp³-hybridized carbons (Fsp3) is 0.615. The lowest BCUT2D eigenvalue weighted by molar-refractivity contribution is 0.531. The molecular formula is C13H21ClN2. The van der Waals surface area contributed by atoms with Crippen molar-refractivity contribution in [3.05, 3.63) is 29.6 Å². The largest absolute Gasteiger partial charge is 0.313 e. The molecule has 90 valence electrons. The standard InChI is InChI=1S/C13H21ClN2/c1-11(7-14)4-3-5-15-9-13-6-12(2)8-16-10-13/h6,8,10-11,15H,3-5,7,9H2,1-2H3. The highest BCUT2D eigenvalue weighted by Gasteiger charge is 1.99. The average Bonchev–Trinajstić information content (AvgIpc) is 2.28. The zero-order chi connectivity index (χ0) is 11.8. The fourth-order valence-electron chi connectivity index (χ4n) is 1.60. The normalized spacial score (nSPS) is 12.7. The monoisotopic (exact) mass is 240 g/mol. The molecule has 1 heterocycles. The maximum atomic E-state index is 5.75. The molecule has 0 saturated heterocycles. The van der Waals surface area contributed by atoms with E-state index in [1.807, 2.05) is 12.4 Å². The molecule has 0 aliphatic carbocycles. The lowest BCUT2D eigenvalue weighted by Gasteiger charge is -2.08. The number of aryl methyl sites for hydroxylation is 1. The number of aromatic nitrogens is 1. The molecular weight excluding hydrogens is 220 g/mol. The zero-order valence-corrected chi connectivity index (χ0v) is 10.9. The number of pyridine rings is 1. The van der Waals surface area contributed by atoms with Gasteiger partial charge >= 0.3 is 0 Å². The van der Waals surface area contributed by atoms with E-state index >= 15 is 0 Å². The molecule has 0 bridgehead atoms. The van der Waals surface area contributed by atoms with E-state index in [4.69, 9.17) is 11.6 Å². The van der Waals surface area contributed by atoms with Gasteiger partial charge in [0.1, 0.15) is 0 Å². The predicted octanol–water partition coefficient (Wildman–Crippen LogP) is 3.13. The number of hydrogen-bond acceptors (Lipinski definition) is 2. The summed E-state index contributed by atoms with van der Waals surface area (Å²) in [6, 6.07) is 2.17. The summed E-state index contributed by atoms with van der Waals surface area (Å²) in [6.07, 6.45) is 6.18. The number of nitrogens with one attached hydrogen (secondary N) is 1. The van der Waals surface area contributed by atoms with Crippen molar-refractivity contribution >= 4 is 11.6 Å². The molecule has 0 radical (unpaired) electrons. The van der Waals surface area contributed by atoms with Crippen LogP contribution in [0.25, 0.3) is 0 Å². The van der Waals surface area contributed by atoms with Crippen molar-refractivity contribution in [2.45, 2.75) is 33.2 Å². The second kappa shape index (κ2) is 7.64. The van der Waals surface area contributed by atoms with Crippen molar-refractivity contribution in [3.8, 4) is 0 Å². The molecule has 0 aliphatic rings. The van der Waals surface area contributed by atoms with Crippen LogP contribution >= 0.6 is 11.6 Å². The maximum absolute atomic E-state index is 5.75. The molecule has 1 unspecified atom stereocenters. The highest BCUT2D eigenvalue weighted by Crippen LogP contribution is 2.06. The van der Waals surface area contributed by atoms with Gasteiger partial charge in [-0.05, 0) is 43.4 Å². The van der Waals surface area contributed by atoms with Crippen LogP contribution < -0.4 is 5.32 Å². The number of alkyl halides is 1. The molecule has 1 aromatic rings. The average molecular weight is 241 g/mol. The van der Waals surface area contributed by atoms with Crippen LogP contribution in [0.4, 0.5) is 0 Å². The predicted molar refractivity (Wildman–Crippen MR) is 69.8 cm³/mol. The van der Waals surface area contributed by atoms with Crippen molar-refractivity contribution in [3.63, 3.8) is 0 Å². The minimum atomic E-state index is 0.629. The Hall–Kier alpha value is -0.600.